The molecule has 0 radical (unpaired) electrons. The number of halogens is 8. The first-order valence-electron chi connectivity index (χ1n) is 3.31. The third-order valence-corrected chi connectivity index (χ3v) is 1.66. The second kappa shape index (κ2) is 3.60. The maximum Gasteiger partial charge on any atom is 0.401 e. The third-order valence-electron chi connectivity index (χ3n) is 1.66. The van der Waals surface area contributed by atoms with Gasteiger partial charge in [0.15, 0.2) is 0 Å². The number of alkyl halides is 7. The van der Waals surface area contributed by atoms with E-state index < -0.39 is 36.9 Å². The normalized spacial score (nSPS) is 17.7. The lowest BCUT2D eigenvalue weighted by Gasteiger charge is -2.32. The molecule has 0 heterocycles. The quantitative estimate of drug-likeness (QED) is 0.549. The Morgan fingerprint density at radius 2 is 1.40 bits per heavy atom. The minimum Gasteiger partial charge on any atom is -0.254 e. The molecule has 90 valence electrons. The summed E-state index contributed by atoms with van der Waals surface area (Å²) in [7, 11) is 0. The highest BCUT2D eigenvalue weighted by atomic mass is 19.3. The van der Waals surface area contributed by atoms with Gasteiger partial charge in [0.1, 0.15) is 0 Å². The highest BCUT2D eigenvalue weighted by Gasteiger charge is 2.75. The minimum absolute atomic E-state index is 0.547. The Balaban J connectivity index is 5.40. The zero-order chi connectivity index (χ0) is 12.7. The third kappa shape index (κ3) is 1.91. The van der Waals surface area contributed by atoms with Crippen LogP contribution in [0.4, 0.5) is 35.1 Å². The molecular formula is C6H4F8O. The predicted octanol–water partition coefficient (Wildman–Crippen LogP) is 2.75. The fourth-order valence-corrected chi connectivity index (χ4v) is 0.567. The Bertz CT molecular complexity index is 258. The van der Waals surface area contributed by atoms with Crippen molar-refractivity contribution in [2.45, 2.75) is 30.9 Å². The number of hydrogen-bond acceptors (Lipinski definition) is 1. The number of carbonyl (C=O) groups excluding carboxylic acids is 1. The van der Waals surface area contributed by atoms with Crippen molar-refractivity contribution in [2.75, 3.05) is 0 Å². The van der Waals surface area contributed by atoms with Gasteiger partial charge >= 0.3 is 17.9 Å². The van der Waals surface area contributed by atoms with Gasteiger partial charge in [-0.15, -0.1) is 0 Å². The van der Waals surface area contributed by atoms with E-state index >= 15 is 0 Å². The summed E-state index contributed by atoms with van der Waals surface area (Å²) in [4.78, 5) is 9.47. The van der Waals surface area contributed by atoms with Gasteiger partial charge in [0, 0.05) is 0 Å². The topological polar surface area (TPSA) is 17.1 Å². The molecule has 0 aromatic heterocycles. The average Bonchev–Trinajstić information content (AvgIpc) is 2.02. The first kappa shape index (κ1) is 14.1. The maximum absolute atomic E-state index is 12.5. The van der Waals surface area contributed by atoms with Crippen molar-refractivity contribution >= 4 is 6.04 Å². The van der Waals surface area contributed by atoms with E-state index in [4.69, 9.17) is 0 Å². The Kier molecular flexibility index (Phi) is 3.39. The first-order chi connectivity index (χ1) is 6.39. The zero-order valence-corrected chi connectivity index (χ0v) is 7.01. The van der Waals surface area contributed by atoms with Gasteiger partial charge in [-0.05, 0) is 6.92 Å². The van der Waals surface area contributed by atoms with Crippen LogP contribution >= 0.6 is 0 Å². The Morgan fingerprint density at radius 3 is 1.60 bits per heavy atom. The molecule has 1 nitrogen and oxygen atoms in total. The van der Waals surface area contributed by atoms with E-state index in [2.05, 4.69) is 0 Å². The van der Waals surface area contributed by atoms with Crippen molar-refractivity contribution in [3.63, 3.8) is 0 Å². The summed E-state index contributed by atoms with van der Waals surface area (Å²) in [5, 5.41) is 0. The van der Waals surface area contributed by atoms with Crippen LogP contribution in [0.2, 0.25) is 0 Å². The summed E-state index contributed by atoms with van der Waals surface area (Å²) in [6, 6.07) is -3.88. The van der Waals surface area contributed by atoms with Crippen LogP contribution in [0, 0.1) is 0 Å². The first-order valence-corrected chi connectivity index (χ1v) is 3.31. The van der Waals surface area contributed by atoms with E-state index in [1.165, 1.54) is 0 Å². The molecule has 0 aromatic carbocycles. The molecule has 0 saturated heterocycles. The van der Waals surface area contributed by atoms with Gasteiger partial charge in [0.25, 0.3) is 6.43 Å². The summed E-state index contributed by atoms with van der Waals surface area (Å²) in [6.07, 6.45) is -4.50. The van der Waals surface area contributed by atoms with Gasteiger partial charge in [-0.2, -0.15) is 22.0 Å². The lowest BCUT2D eigenvalue weighted by atomic mass is 9.95. The van der Waals surface area contributed by atoms with Crippen molar-refractivity contribution in [3.8, 4) is 0 Å². The SMILES string of the molecule is CC(F)(C(F)F)C(F)(F)C(F)(F)C(=O)F. The van der Waals surface area contributed by atoms with E-state index in [0.29, 0.717) is 0 Å². The molecule has 0 amide bonds. The number of carbonyl (C=O) groups is 1. The van der Waals surface area contributed by atoms with Crippen molar-refractivity contribution in [1.82, 2.24) is 0 Å². The predicted molar refractivity (Wildman–Crippen MR) is 31.5 cm³/mol. The summed E-state index contributed by atoms with van der Waals surface area (Å²) in [6.45, 7) is -0.547. The van der Waals surface area contributed by atoms with Crippen LogP contribution in [0.15, 0.2) is 0 Å². The Hall–Kier alpha value is -0.890. The Labute approximate surface area is 78.0 Å². The average molecular weight is 244 g/mol. The molecule has 1 unspecified atom stereocenters. The number of hydrogen-bond donors (Lipinski definition) is 0. The molecule has 0 N–H and O–H groups in total. The number of rotatable bonds is 4. The molecule has 0 spiro atoms. The highest BCUT2D eigenvalue weighted by Crippen LogP contribution is 2.47. The fourth-order valence-electron chi connectivity index (χ4n) is 0.567. The molecule has 0 aromatic rings. The molecule has 0 bridgehead atoms. The monoisotopic (exact) mass is 244 g/mol. The lowest BCUT2D eigenvalue weighted by Crippen LogP contribution is -2.60. The van der Waals surface area contributed by atoms with Gasteiger partial charge in [0.05, 0.1) is 0 Å². The summed E-state index contributed by atoms with van der Waals surface area (Å²) >= 11 is 0. The van der Waals surface area contributed by atoms with Crippen molar-refractivity contribution in [2.24, 2.45) is 0 Å². The van der Waals surface area contributed by atoms with E-state index in [9.17, 15) is 39.9 Å². The Morgan fingerprint density at radius 1 is 1.07 bits per heavy atom. The molecule has 1 atom stereocenters. The van der Waals surface area contributed by atoms with Gasteiger partial charge < -0.3 is 0 Å². The van der Waals surface area contributed by atoms with E-state index in [0.717, 1.165) is 0 Å². The second-order valence-electron chi connectivity index (χ2n) is 2.80. The van der Waals surface area contributed by atoms with Crippen LogP contribution in [0.1, 0.15) is 6.92 Å². The van der Waals surface area contributed by atoms with Gasteiger partial charge in [-0.25, -0.2) is 13.2 Å². The second-order valence-corrected chi connectivity index (χ2v) is 2.80. The summed E-state index contributed by atoms with van der Waals surface area (Å²) in [5.41, 5.74) is -5.02. The van der Waals surface area contributed by atoms with E-state index in [-0.39, 0.29) is 0 Å². The maximum atomic E-state index is 12.5. The standard InChI is InChI=1S/C6H4F8O/c1-4(10,2(7)8)6(13,14)5(11,12)3(9)15/h2H,1H3. The van der Waals surface area contributed by atoms with E-state index in [1.807, 2.05) is 0 Å². The van der Waals surface area contributed by atoms with Crippen LogP contribution in [0.3, 0.4) is 0 Å². The van der Waals surface area contributed by atoms with Gasteiger partial charge in [-0.3, -0.25) is 4.79 Å². The summed E-state index contributed by atoms with van der Waals surface area (Å²) < 4.78 is 96.5. The van der Waals surface area contributed by atoms with Crippen molar-refractivity contribution in [3.05, 3.63) is 0 Å². The molecule has 0 aliphatic carbocycles. The van der Waals surface area contributed by atoms with E-state index in [1.54, 1.807) is 0 Å². The van der Waals surface area contributed by atoms with Gasteiger partial charge in [0.2, 0.25) is 5.67 Å². The molecule has 9 heteroatoms. The van der Waals surface area contributed by atoms with Crippen molar-refractivity contribution < 1.29 is 39.9 Å². The molecule has 0 aliphatic heterocycles. The molecule has 0 saturated carbocycles. The summed E-state index contributed by atoms with van der Waals surface area (Å²) in [5.74, 6) is -12.3. The smallest absolute Gasteiger partial charge is 0.254 e. The molecule has 0 fully saturated rings. The van der Waals surface area contributed by atoms with Crippen molar-refractivity contribution in [1.29, 1.82) is 0 Å². The van der Waals surface area contributed by atoms with Crippen LogP contribution in [-0.2, 0) is 4.79 Å². The van der Waals surface area contributed by atoms with Crippen LogP contribution in [0.25, 0.3) is 0 Å². The highest BCUT2D eigenvalue weighted by molar-refractivity contribution is 5.78. The fraction of sp³-hybridized carbons (Fsp3) is 0.833. The molecular weight excluding hydrogens is 240 g/mol. The lowest BCUT2D eigenvalue weighted by molar-refractivity contribution is -0.284. The zero-order valence-electron chi connectivity index (χ0n) is 7.01. The van der Waals surface area contributed by atoms with Crippen LogP contribution < -0.4 is 0 Å². The van der Waals surface area contributed by atoms with Gasteiger partial charge in [-0.1, -0.05) is 0 Å². The largest absolute Gasteiger partial charge is 0.401 e. The van der Waals surface area contributed by atoms with Crippen LogP contribution in [-0.4, -0.2) is 30.0 Å². The molecule has 15 heavy (non-hydrogen) atoms. The minimum atomic E-state index is -6.14. The molecule has 0 rings (SSSR count). The van der Waals surface area contributed by atoms with Crippen LogP contribution in [0.5, 0.6) is 0 Å². The molecule has 0 aliphatic rings.